The normalized spacial score (nSPS) is 16.3. The first-order valence-electron chi connectivity index (χ1n) is 9.36. The third-order valence-electron chi connectivity index (χ3n) is 5.31. The average Bonchev–Trinajstić information content (AvgIpc) is 3.07. The van der Waals surface area contributed by atoms with E-state index in [1.165, 1.54) is 26.2 Å². The van der Waals surface area contributed by atoms with Crippen molar-refractivity contribution in [3.8, 4) is 17.2 Å². The molecule has 28 heavy (non-hydrogen) atoms. The van der Waals surface area contributed by atoms with Gasteiger partial charge in [0.15, 0.2) is 16.6 Å². The predicted octanol–water partition coefficient (Wildman–Crippen LogP) is 4.57. The maximum atomic E-state index is 12.8. The quantitative estimate of drug-likeness (QED) is 0.790. The predicted molar refractivity (Wildman–Crippen MR) is 111 cm³/mol. The number of ether oxygens (including phenoxy) is 3. The van der Waals surface area contributed by atoms with E-state index in [0.717, 1.165) is 25.0 Å². The summed E-state index contributed by atoms with van der Waals surface area (Å²) in [6, 6.07) is 3.28. The summed E-state index contributed by atoms with van der Waals surface area (Å²) in [5.41, 5.74) is 1.82. The topological polar surface area (TPSA) is 69.7 Å². The van der Waals surface area contributed by atoms with Gasteiger partial charge in [0.1, 0.15) is 0 Å². The molecule has 7 heteroatoms. The SMILES string of the molecule is COc1cc(C(=O)Nc2nc3c(s2)CC(C(C)(C)C)CC3)cc(OC)c1OC. The Hall–Kier alpha value is -2.28. The fourth-order valence-corrected chi connectivity index (χ4v) is 4.63. The summed E-state index contributed by atoms with van der Waals surface area (Å²) in [6.07, 6.45) is 3.13. The van der Waals surface area contributed by atoms with Gasteiger partial charge in [0, 0.05) is 10.4 Å². The molecule has 0 spiro atoms. The highest BCUT2D eigenvalue weighted by Gasteiger charge is 2.31. The summed E-state index contributed by atoms with van der Waals surface area (Å²) in [6.45, 7) is 6.87. The van der Waals surface area contributed by atoms with Gasteiger partial charge in [0.25, 0.3) is 5.91 Å². The molecule has 1 aliphatic carbocycles. The molecule has 1 aromatic heterocycles. The lowest BCUT2D eigenvalue weighted by molar-refractivity contribution is 0.102. The van der Waals surface area contributed by atoms with Crippen molar-refractivity contribution in [3.63, 3.8) is 0 Å². The number of carbonyl (C=O) groups excluding carboxylic acids is 1. The van der Waals surface area contributed by atoms with Crippen LogP contribution in [0.5, 0.6) is 17.2 Å². The van der Waals surface area contributed by atoms with Crippen molar-refractivity contribution >= 4 is 22.4 Å². The molecule has 152 valence electrons. The monoisotopic (exact) mass is 404 g/mol. The number of hydrogen-bond acceptors (Lipinski definition) is 6. The summed E-state index contributed by atoms with van der Waals surface area (Å²) in [5, 5.41) is 3.56. The van der Waals surface area contributed by atoms with Crippen molar-refractivity contribution in [1.82, 2.24) is 4.98 Å². The molecule has 3 rings (SSSR count). The number of fused-ring (bicyclic) bond motifs is 1. The number of aryl methyl sites for hydroxylation is 1. The smallest absolute Gasteiger partial charge is 0.257 e. The summed E-state index contributed by atoms with van der Waals surface area (Å²) in [4.78, 5) is 18.7. The average molecular weight is 405 g/mol. The van der Waals surface area contributed by atoms with Crippen LogP contribution in [0.2, 0.25) is 0 Å². The molecule has 1 aliphatic rings. The van der Waals surface area contributed by atoms with Crippen molar-refractivity contribution in [1.29, 1.82) is 0 Å². The molecular formula is C21H28N2O4S. The molecule has 1 N–H and O–H groups in total. The molecule has 1 amide bonds. The van der Waals surface area contributed by atoms with E-state index in [0.29, 0.717) is 33.9 Å². The molecule has 0 radical (unpaired) electrons. The number of rotatable bonds is 5. The Balaban J connectivity index is 1.80. The molecule has 1 unspecified atom stereocenters. The van der Waals surface area contributed by atoms with Gasteiger partial charge in [-0.1, -0.05) is 20.8 Å². The molecule has 0 saturated carbocycles. The largest absolute Gasteiger partial charge is 0.493 e. The highest BCUT2D eigenvalue weighted by molar-refractivity contribution is 7.15. The van der Waals surface area contributed by atoms with Gasteiger partial charge in [-0.15, -0.1) is 11.3 Å². The number of nitrogens with one attached hydrogen (secondary N) is 1. The first-order valence-corrected chi connectivity index (χ1v) is 10.2. The number of aromatic nitrogens is 1. The number of carbonyl (C=O) groups is 1. The number of thiazole rings is 1. The maximum absolute atomic E-state index is 12.8. The molecule has 0 fully saturated rings. The molecule has 2 aromatic rings. The van der Waals surface area contributed by atoms with Gasteiger partial charge in [-0.25, -0.2) is 4.98 Å². The van der Waals surface area contributed by atoms with Crippen LogP contribution in [0.1, 0.15) is 48.1 Å². The number of nitrogens with zero attached hydrogens (tertiary/aromatic N) is 1. The molecule has 0 bridgehead atoms. The highest BCUT2D eigenvalue weighted by atomic mass is 32.1. The van der Waals surface area contributed by atoms with Crippen LogP contribution in [-0.2, 0) is 12.8 Å². The highest BCUT2D eigenvalue weighted by Crippen LogP contribution is 2.41. The Morgan fingerprint density at radius 2 is 1.79 bits per heavy atom. The van der Waals surface area contributed by atoms with E-state index in [1.54, 1.807) is 23.5 Å². The summed E-state index contributed by atoms with van der Waals surface area (Å²) >= 11 is 1.58. The lowest BCUT2D eigenvalue weighted by Gasteiger charge is -2.33. The molecule has 1 atom stereocenters. The fraction of sp³-hybridized carbons (Fsp3) is 0.524. The van der Waals surface area contributed by atoms with Gasteiger partial charge in [0.2, 0.25) is 5.75 Å². The van der Waals surface area contributed by atoms with Crippen LogP contribution < -0.4 is 19.5 Å². The van der Waals surface area contributed by atoms with Crippen LogP contribution in [0, 0.1) is 11.3 Å². The lowest BCUT2D eigenvalue weighted by atomic mass is 9.73. The second-order valence-electron chi connectivity index (χ2n) is 8.06. The van der Waals surface area contributed by atoms with Crippen molar-refractivity contribution in [2.45, 2.75) is 40.0 Å². The van der Waals surface area contributed by atoms with Crippen LogP contribution in [0.15, 0.2) is 12.1 Å². The fourth-order valence-electron chi connectivity index (χ4n) is 3.55. The molecule has 1 aromatic carbocycles. The number of hydrogen-bond donors (Lipinski definition) is 1. The molecule has 0 saturated heterocycles. The number of amides is 1. The first-order chi connectivity index (χ1) is 13.3. The molecule has 0 aliphatic heterocycles. The lowest BCUT2D eigenvalue weighted by Crippen LogP contribution is -2.26. The van der Waals surface area contributed by atoms with Gasteiger partial charge in [-0.3, -0.25) is 10.1 Å². The van der Waals surface area contributed by atoms with E-state index in [-0.39, 0.29) is 11.3 Å². The van der Waals surface area contributed by atoms with Crippen LogP contribution >= 0.6 is 11.3 Å². The van der Waals surface area contributed by atoms with E-state index >= 15 is 0 Å². The van der Waals surface area contributed by atoms with Crippen molar-refractivity contribution < 1.29 is 19.0 Å². The van der Waals surface area contributed by atoms with Crippen LogP contribution in [-0.4, -0.2) is 32.2 Å². The first kappa shape index (κ1) is 20.5. The van der Waals surface area contributed by atoms with Gasteiger partial charge in [-0.2, -0.15) is 0 Å². The van der Waals surface area contributed by atoms with Crippen molar-refractivity contribution in [2.24, 2.45) is 11.3 Å². The maximum Gasteiger partial charge on any atom is 0.257 e. The zero-order chi connectivity index (χ0) is 20.5. The minimum Gasteiger partial charge on any atom is -0.493 e. The van der Waals surface area contributed by atoms with Crippen LogP contribution in [0.25, 0.3) is 0 Å². The minimum atomic E-state index is -0.252. The van der Waals surface area contributed by atoms with Gasteiger partial charge in [0.05, 0.1) is 27.0 Å². The number of benzene rings is 1. The Morgan fingerprint density at radius 3 is 2.32 bits per heavy atom. The van der Waals surface area contributed by atoms with E-state index in [4.69, 9.17) is 14.2 Å². The molecule has 6 nitrogen and oxygen atoms in total. The Labute approximate surface area is 170 Å². The summed E-state index contributed by atoms with van der Waals surface area (Å²) in [5.74, 6) is 1.73. The zero-order valence-corrected chi connectivity index (χ0v) is 18.2. The third-order valence-corrected chi connectivity index (χ3v) is 6.35. The van der Waals surface area contributed by atoms with Gasteiger partial charge < -0.3 is 14.2 Å². The standard InChI is InChI=1S/C21H28N2O4S/c1-21(2,3)13-7-8-14-17(11-13)28-20(22-14)23-19(24)12-9-15(25-4)18(27-6)16(10-12)26-5/h9-10,13H,7-8,11H2,1-6H3,(H,22,23,24). The Kier molecular flexibility index (Phi) is 5.84. The number of methoxy groups -OCH3 is 3. The molecular weight excluding hydrogens is 376 g/mol. The van der Waals surface area contributed by atoms with Crippen molar-refractivity contribution in [2.75, 3.05) is 26.6 Å². The summed E-state index contributed by atoms with van der Waals surface area (Å²) < 4.78 is 16.0. The molecule has 1 heterocycles. The van der Waals surface area contributed by atoms with Gasteiger partial charge in [-0.05, 0) is 42.7 Å². The summed E-state index contributed by atoms with van der Waals surface area (Å²) in [7, 11) is 4.59. The minimum absolute atomic E-state index is 0.252. The van der Waals surface area contributed by atoms with E-state index in [1.807, 2.05) is 0 Å². The zero-order valence-electron chi connectivity index (χ0n) is 17.3. The van der Waals surface area contributed by atoms with Crippen LogP contribution in [0.3, 0.4) is 0 Å². The van der Waals surface area contributed by atoms with E-state index in [9.17, 15) is 4.79 Å². The van der Waals surface area contributed by atoms with Crippen LogP contribution in [0.4, 0.5) is 5.13 Å². The Morgan fingerprint density at radius 1 is 1.14 bits per heavy atom. The number of anilines is 1. The Bertz CT molecular complexity index is 845. The second kappa shape index (κ2) is 7.99. The van der Waals surface area contributed by atoms with E-state index < -0.39 is 0 Å². The van der Waals surface area contributed by atoms with Gasteiger partial charge >= 0.3 is 0 Å². The third kappa shape index (κ3) is 4.09. The van der Waals surface area contributed by atoms with E-state index in [2.05, 4.69) is 31.1 Å². The van der Waals surface area contributed by atoms with Crippen molar-refractivity contribution in [3.05, 3.63) is 28.3 Å². The second-order valence-corrected chi connectivity index (χ2v) is 9.15.